The lowest BCUT2D eigenvalue weighted by Gasteiger charge is -2.10. The van der Waals surface area contributed by atoms with Crippen molar-refractivity contribution in [1.29, 1.82) is 0 Å². The highest BCUT2D eigenvalue weighted by atomic mass is 16.6. The van der Waals surface area contributed by atoms with Crippen LogP contribution in [0.25, 0.3) is 4.85 Å². The van der Waals surface area contributed by atoms with Gasteiger partial charge in [-0.05, 0) is 17.7 Å². The molecule has 0 radical (unpaired) electrons. The summed E-state index contributed by atoms with van der Waals surface area (Å²) in [5.41, 5.74) is 1.35. The first-order chi connectivity index (χ1) is 9.58. The SMILES string of the molecule is C#[N+]C(O)Cc1cccc(NC(=O)C2CCC(=O)O2)c1. The van der Waals surface area contributed by atoms with Gasteiger partial charge in [0.05, 0.1) is 6.42 Å². The van der Waals surface area contributed by atoms with E-state index < -0.39 is 12.3 Å². The van der Waals surface area contributed by atoms with Crippen LogP contribution in [0.3, 0.4) is 0 Å². The van der Waals surface area contributed by atoms with Crippen molar-refractivity contribution in [3.63, 3.8) is 0 Å². The predicted octanol–water partition coefficient (Wildman–Crippen LogP) is 1.15. The maximum Gasteiger partial charge on any atom is 0.377 e. The van der Waals surface area contributed by atoms with Crippen LogP contribution in [0.1, 0.15) is 18.4 Å². The number of benzene rings is 1. The van der Waals surface area contributed by atoms with Gasteiger partial charge in [0.2, 0.25) is 0 Å². The summed E-state index contributed by atoms with van der Waals surface area (Å²) in [6.45, 7) is 4.99. The summed E-state index contributed by atoms with van der Waals surface area (Å²) in [5.74, 6) is -0.705. The molecule has 104 valence electrons. The third-order valence-corrected chi connectivity index (χ3v) is 2.96. The fraction of sp³-hybridized carbons (Fsp3) is 0.357. The third kappa shape index (κ3) is 3.56. The molecule has 6 nitrogen and oxygen atoms in total. The molecule has 0 saturated carbocycles. The lowest BCUT2D eigenvalue weighted by molar-refractivity contribution is -0.146. The number of carbonyl (C=O) groups is 2. The number of aliphatic hydroxyl groups is 1. The molecular weight excluding hydrogens is 260 g/mol. The summed E-state index contributed by atoms with van der Waals surface area (Å²) < 4.78 is 4.89. The average Bonchev–Trinajstić information content (AvgIpc) is 2.86. The molecule has 1 aromatic rings. The van der Waals surface area contributed by atoms with Crippen LogP contribution in [-0.4, -0.2) is 29.3 Å². The number of hydrogen-bond acceptors (Lipinski definition) is 4. The Hall–Kier alpha value is -2.39. The average molecular weight is 275 g/mol. The summed E-state index contributed by atoms with van der Waals surface area (Å²) in [6, 6.07) is 6.96. The molecule has 2 N–H and O–H groups in total. The van der Waals surface area contributed by atoms with Crippen LogP contribution in [0.4, 0.5) is 5.69 Å². The zero-order valence-electron chi connectivity index (χ0n) is 10.8. The van der Waals surface area contributed by atoms with Crippen LogP contribution < -0.4 is 5.32 Å². The Kier molecular flexibility index (Phi) is 4.33. The molecule has 1 heterocycles. The van der Waals surface area contributed by atoms with Crippen molar-refractivity contribution in [2.45, 2.75) is 31.6 Å². The number of ether oxygens (including phenoxy) is 1. The van der Waals surface area contributed by atoms with Gasteiger partial charge in [0, 0.05) is 18.5 Å². The molecule has 1 aromatic carbocycles. The van der Waals surface area contributed by atoms with E-state index in [0.29, 0.717) is 12.1 Å². The second-order valence-electron chi connectivity index (χ2n) is 4.54. The van der Waals surface area contributed by atoms with Gasteiger partial charge in [-0.3, -0.25) is 9.59 Å². The molecule has 6 heteroatoms. The summed E-state index contributed by atoms with van der Waals surface area (Å²) >= 11 is 0. The molecule has 0 aliphatic carbocycles. The Morgan fingerprint density at radius 3 is 3.05 bits per heavy atom. The maximum atomic E-state index is 11.9. The lowest BCUT2D eigenvalue weighted by Crippen LogP contribution is -2.27. The number of hydrogen-bond donors (Lipinski definition) is 2. The van der Waals surface area contributed by atoms with Crippen LogP contribution in [0, 0.1) is 6.57 Å². The van der Waals surface area contributed by atoms with Crippen molar-refractivity contribution >= 4 is 17.6 Å². The molecule has 1 aliphatic rings. The molecule has 1 amide bonds. The monoisotopic (exact) mass is 275 g/mol. The van der Waals surface area contributed by atoms with Crippen molar-refractivity contribution in [3.8, 4) is 6.57 Å². The number of nitrogens with zero attached hydrogens (tertiary/aromatic N) is 1. The van der Waals surface area contributed by atoms with Gasteiger partial charge >= 0.3 is 12.2 Å². The number of cyclic esters (lactones) is 1. The van der Waals surface area contributed by atoms with Gasteiger partial charge in [0.1, 0.15) is 0 Å². The fourth-order valence-corrected chi connectivity index (χ4v) is 1.97. The van der Waals surface area contributed by atoms with Crippen molar-refractivity contribution in [1.82, 2.24) is 0 Å². The molecule has 2 atom stereocenters. The Morgan fingerprint density at radius 1 is 1.60 bits per heavy atom. The van der Waals surface area contributed by atoms with E-state index in [9.17, 15) is 14.7 Å². The van der Waals surface area contributed by atoms with E-state index in [-0.39, 0.29) is 24.7 Å². The minimum absolute atomic E-state index is 0.263. The van der Waals surface area contributed by atoms with Crippen molar-refractivity contribution < 1.29 is 19.4 Å². The van der Waals surface area contributed by atoms with E-state index in [2.05, 4.69) is 10.2 Å². The number of esters is 1. The quantitative estimate of drug-likeness (QED) is 0.808. The predicted molar refractivity (Wildman–Crippen MR) is 72.2 cm³/mol. The molecule has 1 fully saturated rings. The van der Waals surface area contributed by atoms with Crippen LogP contribution in [-0.2, 0) is 20.7 Å². The molecule has 0 aromatic heterocycles. The van der Waals surface area contributed by atoms with Gasteiger partial charge in [-0.2, -0.15) is 0 Å². The largest absolute Gasteiger partial charge is 0.452 e. The van der Waals surface area contributed by atoms with Crippen LogP contribution in [0.15, 0.2) is 24.3 Å². The van der Waals surface area contributed by atoms with Gasteiger partial charge in [-0.1, -0.05) is 17.0 Å². The molecule has 2 unspecified atom stereocenters. The van der Waals surface area contributed by atoms with Gasteiger partial charge in [0.15, 0.2) is 6.10 Å². The van der Waals surface area contributed by atoms with E-state index in [0.717, 1.165) is 5.56 Å². The Balaban J connectivity index is 1.99. The van der Waals surface area contributed by atoms with Crippen LogP contribution in [0.2, 0.25) is 0 Å². The molecule has 2 rings (SSSR count). The maximum absolute atomic E-state index is 11.9. The highest BCUT2D eigenvalue weighted by Crippen LogP contribution is 2.17. The van der Waals surface area contributed by atoms with E-state index in [1.807, 2.05) is 0 Å². The molecule has 1 saturated heterocycles. The first-order valence-electron chi connectivity index (χ1n) is 6.26. The summed E-state index contributed by atoms with van der Waals surface area (Å²) in [4.78, 5) is 26.1. The zero-order valence-corrected chi connectivity index (χ0v) is 10.8. The van der Waals surface area contributed by atoms with Crippen LogP contribution >= 0.6 is 0 Å². The van der Waals surface area contributed by atoms with Gasteiger partial charge in [-0.25, -0.2) is 0 Å². The molecule has 1 aliphatic heterocycles. The first-order valence-corrected chi connectivity index (χ1v) is 6.26. The number of carbonyl (C=O) groups excluding carboxylic acids is 2. The van der Waals surface area contributed by atoms with Crippen molar-refractivity contribution in [3.05, 3.63) is 34.7 Å². The third-order valence-electron chi connectivity index (χ3n) is 2.96. The smallest absolute Gasteiger partial charge is 0.377 e. The fourth-order valence-electron chi connectivity index (χ4n) is 1.97. The summed E-state index contributed by atoms with van der Waals surface area (Å²) in [7, 11) is 0. The standard InChI is InChI=1S/C14H14N2O4/c1-15-12(17)8-9-3-2-4-10(7-9)16-14(19)11-5-6-13(18)20-11/h1-4,7,11-12,17H,5-6,8H2/p+1. The molecular formula is C14H15N2O4+. The number of nitrogens with one attached hydrogen (secondary N) is 1. The normalized spacial score (nSPS) is 19.0. The Bertz CT molecular complexity index is 565. The second-order valence-corrected chi connectivity index (χ2v) is 4.54. The molecule has 20 heavy (non-hydrogen) atoms. The highest BCUT2D eigenvalue weighted by Gasteiger charge is 2.29. The minimum Gasteiger partial charge on any atom is -0.452 e. The van der Waals surface area contributed by atoms with Crippen LogP contribution in [0.5, 0.6) is 0 Å². The van der Waals surface area contributed by atoms with E-state index in [1.165, 1.54) is 0 Å². The topological polar surface area (TPSA) is 80.0 Å². The van der Waals surface area contributed by atoms with Crippen molar-refractivity contribution in [2.75, 3.05) is 5.32 Å². The zero-order chi connectivity index (χ0) is 14.5. The Labute approximate surface area is 116 Å². The van der Waals surface area contributed by atoms with Gasteiger partial charge < -0.3 is 15.2 Å². The van der Waals surface area contributed by atoms with E-state index in [1.54, 1.807) is 24.3 Å². The number of anilines is 1. The second kappa shape index (κ2) is 6.17. The molecule has 0 bridgehead atoms. The number of rotatable bonds is 4. The number of amides is 1. The molecule has 0 spiro atoms. The first kappa shape index (κ1) is 14.0. The Morgan fingerprint density at radius 2 is 2.40 bits per heavy atom. The lowest BCUT2D eigenvalue weighted by atomic mass is 10.1. The highest BCUT2D eigenvalue weighted by molar-refractivity contribution is 5.96. The summed E-state index contributed by atoms with van der Waals surface area (Å²) in [6.07, 6.45) is -0.775. The number of aliphatic hydroxyl groups excluding tert-OH is 1. The van der Waals surface area contributed by atoms with E-state index >= 15 is 0 Å². The van der Waals surface area contributed by atoms with Gasteiger partial charge in [-0.15, -0.1) is 0 Å². The van der Waals surface area contributed by atoms with Gasteiger partial charge in [0.25, 0.3) is 12.5 Å². The summed E-state index contributed by atoms with van der Waals surface area (Å²) in [5, 5.41) is 12.0. The van der Waals surface area contributed by atoms with Crippen molar-refractivity contribution in [2.24, 2.45) is 0 Å². The van der Waals surface area contributed by atoms with E-state index in [4.69, 9.17) is 11.3 Å². The minimum atomic E-state index is -0.975.